The van der Waals surface area contributed by atoms with Crippen molar-refractivity contribution in [1.29, 1.82) is 0 Å². The van der Waals surface area contributed by atoms with Gasteiger partial charge in [0.05, 0.1) is 6.04 Å². The van der Waals surface area contributed by atoms with Crippen molar-refractivity contribution in [1.82, 2.24) is 9.80 Å². The van der Waals surface area contributed by atoms with Crippen molar-refractivity contribution in [2.24, 2.45) is 0 Å². The number of allylic oxidation sites excluding steroid dienone is 1. The Kier molecular flexibility index (Phi) is 3.89. The van der Waals surface area contributed by atoms with E-state index in [0.29, 0.717) is 18.6 Å². The van der Waals surface area contributed by atoms with Crippen LogP contribution in [0.15, 0.2) is 12.2 Å². The molecule has 3 aliphatic heterocycles. The first kappa shape index (κ1) is 13.8. The number of hydrogen-bond acceptors (Lipinski definition) is 4. The molecule has 0 unspecified atom stereocenters. The summed E-state index contributed by atoms with van der Waals surface area (Å²) in [5.74, 6) is 0.390. The Hall–Kier alpha value is -1.20. The van der Waals surface area contributed by atoms with Crippen molar-refractivity contribution in [3.05, 3.63) is 12.2 Å². The smallest absolute Gasteiger partial charge is 0.254 e. The van der Waals surface area contributed by atoms with Gasteiger partial charge in [0.2, 0.25) is 0 Å². The minimum atomic E-state index is -0.364. The van der Waals surface area contributed by atoms with Crippen LogP contribution in [-0.4, -0.2) is 66.4 Å². The van der Waals surface area contributed by atoms with Gasteiger partial charge in [0.1, 0.15) is 5.78 Å². The normalized spacial score (nSPS) is 36.9. The molecule has 0 radical (unpaired) electrons. The van der Waals surface area contributed by atoms with Gasteiger partial charge in [-0.2, -0.15) is 0 Å². The predicted octanol–water partition coefficient (Wildman–Crippen LogP) is 0.596. The molecule has 3 atom stereocenters. The fourth-order valence-electron chi connectivity index (χ4n) is 3.62. The summed E-state index contributed by atoms with van der Waals surface area (Å²) in [6.07, 6.45) is 7.18. The fraction of sp³-hybridized carbons (Fsp3) is 0.733. The van der Waals surface area contributed by atoms with Crippen LogP contribution in [0.3, 0.4) is 0 Å². The van der Waals surface area contributed by atoms with Crippen LogP contribution < -0.4 is 0 Å². The van der Waals surface area contributed by atoms with E-state index >= 15 is 0 Å². The summed E-state index contributed by atoms with van der Waals surface area (Å²) in [5, 5.41) is 0. The number of carbonyl (C=O) groups excluding carboxylic acids is 2. The minimum Gasteiger partial charge on any atom is -0.369 e. The van der Waals surface area contributed by atoms with Crippen LogP contribution in [0.4, 0.5) is 0 Å². The van der Waals surface area contributed by atoms with E-state index in [-0.39, 0.29) is 24.1 Å². The third kappa shape index (κ3) is 2.29. The second kappa shape index (κ2) is 5.66. The lowest BCUT2D eigenvalue weighted by Crippen LogP contribution is -2.73. The van der Waals surface area contributed by atoms with Crippen molar-refractivity contribution in [2.75, 3.05) is 26.7 Å². The third-order valence-corrected chi connectivity index (χ3v) is 4.70. The Balaban J connectivity index is 1.86. The summed E-state index contributed by atoms with van der Waals surface area (Å²) < 4.78 is 5.37. The number of rotatable bonds is 1. The van der Waals surface area contributed by atoms with Gasteiger partial charge in [0.15, 0.2) is 6.10 Å². The van der Waals surface area contributed by atoms with E-state index in [1.807, 2.05) is 4.90 Å². The van der Waals surface area contributed by atoms with Gasteiger partial charge in [-0.25, -0.2) is 0 Å². The molecule has 1 amide bonds. The van der Waals surface area contributed by atoms with Gasteiger partial charge in [-0.1, -0.05) is 12.2 Å². The van der Waals surface area contributed by atoms with Gasteiger partial charge in [-0.3, -0.25) is 14.5 Å². The minimum absolute atomic E-state index is 0.0447. The molecule has 0 aromatic carbocycles. The maximum Gasteiger partial charge on any atom is 0.254 e. The van der Waals surface area contributed by atoms with E-state index in [1.165, 1.54) is 0 Å². The monoisotopic (exact) mass is 278 g/mol. The van der Waals surface area contributed by atoms with Crippen LogP contribution in [0.5, 0.6) is 0 Å². The van der Waals surface area contributed by atoms with Crippen LogP contribution in [0.25, 0.3) is 0 Å². The summed E-state index contributed by atoms with van der Waals surface area (Å²) >= 11 is 0. The van der Waals surface area contributed by atoms with Crippen molar-refractivity contribution in [3.63, 3.8) is 0 Å². The number of β-lactam (4-membered cyclic amide) rings is 1. The molecule has 0 aromatic rings. The second-order valence-electron chi connectivity index (χ2n) is 5.85. The molecule has 5 heteroatoms. The van der Waals surface area contributed by atoms with Crippen molar-refractivity contribution < 1.29 is 14.3 Å². The van der Waals surface area contributed by atoms with Crippen LogP contribution in [0.2, 0.25) is 0 Å². The van der Waals surface area contributed by atoms with E-state index in [4.69, 9.17) is 4.74 Å². The van der Waals surface area contributed by atoms with Gasteiger partial charge in [-0.05, 0) is 12.8 Å². The van der Waals surface area contributed by atoms with Crippen molar-refractivity contribution in [2.45, 2.75) is 43.9 Å². The summed E-state index contributed by atoms with van der Waals surface area (Å²) in [4.78, 5) is 28.2. The lowest BCUT2D eigenvalue weighted by Gasteiger charge is -2.53. The number of fused-ring (bicyclic) bond motifs is 3. The first-order valence-electron chi connectivity index (χ1n) is 7.46. The van der Waals surface area contributed by atoms with Gasteiger partial charge < -0.3 is 9.64 Å². The Labute approximate surface area is 119 Å². The maximum atomic E-state index is 12.1. The molecule has 3 heterocycles. The number of piperidine rings is 1. The lowest BCUT2D eigenvalue weighted by molar-refractivity contribution is -0.179. The van der Waals surface area contributed by atoms with Gasteiger partial charge in [-0.15, -0.1) is 0 Å². The molecule has 0 aromatic heterocycles. The average Bonchev–Trinajstić information content (AvgIpc) is 2.45. The van der Waals surface area contributed by atoms with E-state index in [0.717, 1.165) is 32.5 Å². The van der Waals surface area contributed by atoms with Crippen LogP contribution in [0, 0.1) is 0 Å². The van der Waals surface area contributed by atoms with E-state index in [2.05, 4.69) is 17.1 Å². The van der Waals surface area contributed by atoms with E-state index in [9.17, 15) is 9.59 Å². The molecule has 3 rings (SSSR count). The molecule has 110 valence electrons. The number of methoxy groups -OCH3 is 1. The van der Waals surface area contributed by atoms with Gasteiger partial charge in [0.25, 0.3) is 5.91 Å². The molecule has 2 fully saturated rings. The van der Waals surface area contributed by atoms with Crippen molar-refractivity contribution in [3.8, 4) is 0 Å². The average molecular weight is 278 g/mol. The highest BCUT2D eigenvalue weighted by Gasteiger charge is 2.53. The number of Topliss-reactive ketones (excluding diaryl/α,β-unsaturated/α-hetero) is 1. The number of ether oxygens (including phenoxy) is 1. The highest BCUT2D eigenvalue weighted by molar-refractivity contribution is 5.89. The standard InChI is InChI=1S/C15H22N2O3/c1-20-14-13-12-10-11(18)6-9-16(12)7-4-2-3-5-8-17(13)15(14)19/h2,4,12-14H,3,5-10H2,1H3/b4-2-/t12-,13+,14-/m1/s1. The first-order chi connectivity index (χ1) is 9.72. The quantitative estimate of drug-likeness (QED) is 0.520. The molecule has 3 aliphatic rings. The molecule has 0 spiro atoms. The Morgan fingerprint density at radius 1 is 1.25 bits per heavy atom. The summed E-state index contributed by atoms with van der Waals surface area (Å²) in [6, 6.07) is 0.157. The number of carbonyl (C=O) groups is 2. The molecule has 0 saturated carbocycles. The second-order valence-corrected chi connectivity index (χ2v) is 5.85. The summed E-state index contributed by atoms with van der Waals surface area (Å²) in [7, 11) is 1.59. The Morgan fingerprint density at radius 3 is 2.90 bits per heavy atom. The zero-order valence-corrected chi connectivity index (χ0v) is 12.0. The molecule has 5 nitrogen and oxygen atoms in total. The highest BCUT2D eigenvalue weighted by atomic mass is 16.5. The van der Waals surface area contributed by atoms with Crippen LogP contribution in [-0.2, 0) is 14.3 Å². The molecule has 0 N–H and O–H groups in total. The van der Waals surface area contributed by atoms with E-state index in [1.54, 1.807) is 7.11 Å². The molecular weight excluding hydrogens is 256 g/mol. The third-order valence-electron chi connectivity index (χ3n) is 4.70. The summed E-state index contributed by atoms with van der Waals surface area (Å²) in [6.45, 7) is 2.43. The SMILES string of the molecule is CO[C@H]1C(=O)N2CCC/C=C\CN3CCC(=O)C[C@@H]3[C@@H]12. The zero-order chi connectivity index (χ0) is 14.1. The molecule has 20 heavy (non-hydrogen) atoms. The Morgan fingerprint density at radius 2 is 2.10 bits per heavy atom. The van der Waals surface area contributed by atoms with Crippen molar-refractivity contribution >= 4 is 11.7 Å². The maximum absolute atomic E-state index is 12.1. The van der Waals surface area contributed by atoms with Crippen LogP contribution >= 0.6 is 0 Å². The largest absolute Gasteiger partial charge is 0.369 e. The Bertz CT molecular complexity index is 435. The zero-order valence-electron chi connectivity index (χ0n) is 12.0. The summed E-state index contributed by atoms with van der Waals surface area (Å²) in [5.41, 5.74) is 0. The van der Waals surface area contributed by atoms with E-state index < -0.39 is 0 Å². The van der Waals surface area contributed by atoms with Crippen LogP contribution in [0.1, 0.15) is 25.7 Å². The molecule has 0 bridgehead atoms. The number of nitrogens with zero attached hydrogens (tertiary/aromatic N) is 2. The fourth-order valence-corrected chi connectivity index (χ4v) is 3.62. The number of hydrogen-bond donors (Lipinski definition) is 0. The highest BCUT2D eigenvalue weighted by Crippen LogP contribution is 2.32. The number of ketones is 1. The van der Waals surface area contributed by atoms with Gasteiger partial charge >= 0.3 is 0 Å². The predicted molar refractivity (Wildman–Crippen MR) is 74.3 cm³/mol. The molecule has 0 aliphatic carbocycles. The topological polar surface area (TPSA) is 49.9 Å². The molecular formula is C15H22N2O3. The van der Waals surface area contributed by atoms with Gasteiger partial charge in [0, 0.05) is 45.6 Å². The lowest BCUT2D eigenvalue weighted by atomic mass is 9.84. The molecule has 2 saturated heterocycles. The number of amides is 1. The first-order valence-corrected chi connectivity index (χ1v) is 7.46.